The van der Waals surface area contributed by atoms with Gasteiger partial charge in [-0.05, 0) is 17.7 Å². The van der Waals surface area contributed by atoms with Gasteiger partial charge in [0.25, 0.3) is 5.91 Å². The van der Waals surface area contributed by atoms with Crippen molar-refractivity contribution in [2.24, 2.45) is 5.92 Å². The second-order valence-corrected chi connectivity index (χ2v) is 9.02. The lowest BCUT2D eigenvalue weighted by molar-refractivity contribution is -0.176. The molecule has 2 aliphatic rings. The highest BCUT2D eigenvalue weighted by Crippen LogP contribution is 2.44. The molecule has 0 bridgehead atoms. The van der Waals surface area contributed by atoms with Gasteiger partial charge in [-0.3, -0.25) is 19.3 Å². The lowest BCUT2D eigenvalue weighted by Gasteiger charge is -2.26. The molecule has 0 spiro atoms. The monoisotopic (exact) mass is 400 g/mol. The summed E-state index contributed by atoms with van der Waals surface area (Å²) in [5, 5.41) is 1.48. The number of likely N-dealkylation sites (N-methyl/N-ethyl adjacent to an activating group) is 1. The highest BCUT2D eigenvalue weighted by atomic mass is 32.2. The Morgan fingerprint density at radius 3 is 2.18 bits per heavy atom. The van der Waals surface area contributed by atoms with Gasteiger partial charge in [0.1, 0.15) is 0 Å². The Bertz CT molecular complexity index is 994. The summed E-state index contributed by atoms with van der Waals surface area (Å²) >= 11 is 0. The van der Waals surface area contributed by atoms with Crippen LogP contribution in [0.1, 0.15) is 11.6 Å². The molecule has 146 valence electrons. The first kappa shape index (κ1) is 18.8. The van der Waals surface area contributed by atoms with Crippen LogP contribution in [0.4, 0.5) is 0 Å². The third kappa shape index (κ3) is 3.13. The molecule has 8 heteroatoms. The first-order valence-electron chi connectivity index (χ1n) is 8.98. The van der Waals surface area contributed by atoms with E-state index < -0.39 is 33.8 Å². The van der Waals surface area contributed by atoms with Crippen LogP contribution in [0.2, 0.25) is 0 Å². The lowest BCUT2D eigenvalue weighted by atomic mass is 9.91. The number of hydroxylamine groups is 2. The van der Waals surface area contributed by atoms with Gasteiger partial charge >= 0.3 is 0 Å². The molecule has 7 nitrogen and oxygen atoms in total. The van der Waals surface area contributed by atoms with E-state index in [9.17, 15) is 18.0 Å². The largest absolute Gasteiger partial charge is 0.284 e. The van der Waals surface area contributed by atoms with Crippen molar-refractivity contribution in [3.63, 3.8) is 0 Å². The molecule has 4 rings (SSSR count). The molecule has 28 heavy (non-hydrogen) atoms. The van der Waals surface area contributed by atoms with Crippen LogP contribution in [0.25, 0.3) is 0 Å². The number of hydrogen-bond acceptors (Lipinski definition) is 6. The molecule has 2 heterocycles. The number of benzene rings is 2. The molecule has 2 aromatic rings. The van der Waals surface area contributed by atoms with Crippen LogP contribution in [0, 0.1) is 5.92 Å². The number of imide groups is 1. The molecule has 2 saturated heterocycles. The number of sulfone groups is 1. The van der Waals surface area contributed by atoms with Gasteiger partial charge in [-0.25, -0.2) is 8.42 Å². The molecule has 0 unspecified atom stereocenters. The van der Waals surface area contributed by atoms with Crippen molar-refractivity contribution < 1.29 is 22.8 Å². The summed E-state index contributed by atoms with van der Waals surface area (Å²) in [5.41, 5.74) is 0.809. The van der Waals surface area contributed by atoms with E-state index in [0.717, 1.165) is 10.5 Å². The Balaban J connectivity index is 1.61. The molecule has 2 aliphatic heterocycles. The van der Waals surface area contributed by atoms with E-state index in [1.165, 1.54) is 12.1 Å². The number of nitrogens with zero attached hydrogens (tertiary/aromatic N) is 2. The number of fused-ring (bicyclic) bond motifs is 1. The maximum absolute atomic E-state index is 12.6. The first-order valence-corrected chi connectivity index (χ1v) is 10.6. The number of likely N-dealkylation sites (tertiary alicyclic amines) is 1. The normalized spacial score (nSPS) is 25.3. The maximum Gasteiger partial charge on any atom is 0.261 e. The van der Waals surface area contributed by atoms with Gasteiger partial charge in [0.05, 0.1) is 22.6 Å². The zero-order valence-electron chi connectivity index (χ0n) is 15.3. The lowest BCUT2D eigenvalue weighted by Crippen LogP contribution is -2.36. The molecule has 0 aromatic heterocycles. The third-order valence-electron chi connectivity index (χ3n) is 5.24. The van der Waals surface area contributed by atoms with E-state index in [0.29, 0.717) is 0 Å². The Kier molecular flexibility index (Phi) is 4.78. The SMILES string of the molecule is CN1C(=O)[C@@H]2[C@@H](ON(CCS(=O)(=O)c3ccccc3)[C@H]2c2ccccc2)C1=O. The molecule has 2 amide bonds. The van der Waals surface area contributed by atoms with E-state index in [2.05, 4.69) is 0 Å². The molecule has 2 fully saturated rings. The molecule has 2 aromatic carbocycles. The summed E-state index contributed by atoms with van der Waals surface area (Å²) in [6, 6.07) is 16.9. The van der Waals surface area contributed by atoms with Crippen LogP contribution in [-0.4, -0.2) is 55.6 Å². The molecule has 0 saturated carbocycles. The highest BCUT2D eigenvalue weighted by Gasteiger charge is 2.58. The minimum atomic E-state index is -3.52. The van der Waals surface area contributed by atoms with Crippen molar-refractivity contribution in [3.8, 4) is 0 Å². The van der Waals surface area contributed by atoms with E-state index in [-0.39, 0.29) is 23.1 Å². The van der Waals surface area contributed by atoms with Crippen LogP contribution in [-0.2, 0) is 24.3 Å². The number of rotatable bonds is 5. The predicted octanol–water partition coefficient (Wildman–Crippen LogP) is 1.43. The topological polar surface area (TPSA) is 84.0 Å². The minimum absolute atomic E-state index is 0.0497. The summed E-state index contributed by atoms with van der Waals surface area (Å²) in [6.07, 6.45) is -0.915. The number of carbonyl (C=O) groups excluding carboxylic acids is 2. The number of amides is 2. The number of hydrogen-bond donors (Lipinski definition) is 0. The molecule has 3 atom stereocenters. The third-order valence-corrected chi connectivity index (χ3v) is 6.95. The van der Waals surface area contributed by atoms with Gasteiger partial charge in [-0.15, -0.1) is 0 Å². The van der Waals surface area contributed by atoms with Crippen molar-refractivity contribution >= 4 is 21.7 Å². The van der Waals surface area contributed by atoms with Crippen molar-refractivity contribution in [1.29, 1.82) is 0 Å². The first-order chi connectivity index (χ1) is 13.4. The molecular formula is C20H20N2O5S. The fraction of sp³-hybridized carbons (Fsp3) is 0.300. The number of carbonyl (C=O) groups is 2. The highest BCUT2D eigenvalue weighted by molar-refractivity contribution is 7.91. The average molecular weight is 400 g/mol. The van der Waals surface area contributed by atoms with E-state index >= 15 is 0 Å². The zero-order chi connectivity index (χ0) is 19.9. The van der Waals surface area contributed by atoms with Crippen LogP contribution in [0.15, 0.2) is 65.6 Å². The minimum Gasteiger partial charge on any atom is -0.284 e. The predicted molar refractivity (Wildman–Crippen MR) is 101 cm³/mol. The maximum atomic E-state index is 12.6. The Labute approximate surface area is 163 Å². The second-order valence-electron chi connectivity index (χ2n) is 6.92. The van der Waals surface area contributed by atoms with Crippen LogP contribution in [0.5, 0.6) is 0 Å². The summed E-state index contributed by atoms with van der Waals surface area (Å²) < 4.78 is 25.3. The Hall–Kier alpha value is -2.55. The Morgan fingerprint density at radius 1 is 0.929 bits per heavy atom. The van der Waals surface area contributed by atoms with Crippen molar-refractivity contribution in [2.45, 2.75) is 17.0 Å². The standard InChI is InChI=1S/C20H20N2O5S/c1-21-19(23)16-17(14-8-4-2-5-9-14)22(27-18(16)20(21)24)12-13-28(25,26)15-10-6-3-7-11-15/h2-11,16-18H,12-13H2,1H3/t16-,17-,18+/m0/s1. The van der Waals surface area contributed by atoms with E-state index in [4.69, 9.17) is 4.84 Å². The van der Waals surface area contributed by atoms with Gasteiger partial charge in [-0.2, -0.15) is 5.06 Å². The van der Waals surface area contributed by atoms with Gasteiger partial charge in [0, 0.05) is 13.6 Å². The summed E-state index contributed by atoms with van der Waals surface area (Å²) in [5.74, 6) is -1.57. The molecular weight excluding hydrogens is 380 g/mol. The average Bonchev–Trinajstić information content (AvgIpc) is 3.19. The summed E-state index contributed by atoms with van der Waals surface area (Å²) in [4.78, 5) is 32.1. The quantitative estimate of drug-likeness (QED) is 0.706. The van der Waals surface area contributed by atoms with Gasteiger partial charge in [-0.1, -0.05) is 48.5 Å². The van der Waals surface area contributed by atoms with Crippen molar-refractivity contribution in [2.75, 3.05) is 19.3 Å². The van der Waals surface area contributed by atoms with E-state index in [1.807, 2.05) is 30.3 Å². The molecule has 0 aliphatic carbocycles. The van der Waals surface area contributed by atoms with Crippen LogP contribution in [0.3, 0.4) is 0 Å². The van der Waals surface area contributed by atoms with Gasteiger partial charge < -0.3 is 0 Å². The molecule has 0 radical (unpaired) electrons. The fourth-order valence-corrected chi connectivity index (χ4v) is 5.01. The van der Waals surface area contributed by atoms with Crippen molar-refractivity contribution in [1.82, 2.24) is 9.96 Å². The van der Waals surface area contributed by atoms with Crippen LogP contribution >= 0.6 is 0 Å². The summed E-state index contributed by atoms with van der Waals surface area (Å²) in [7, 11) is -2.07. The zero-order valence-corrected chi connectivity index (χ0v) is 16.1. The van der Waals surface area contributed by atoms with Gasteiger partial charge in [0.15, 0.2) is 15.9 Å². The van der Waals surface area contributed by atoms with Crippen LogP contribution < -0.4 is 0 Å². The second kappa shape index (κ2) is 7.12. The van der Waals surface area contributed by atoms with Crippen molar-refractivity contribution in [3.05, 3.63) is 66.2 Å². The summed E-state index contributed by atoms with van der Waals surface area (Å²) in [6.45, 7) is 0.0497. The molecule has 0 N–H and O–H groups in total. The fourth-order valence-electron chi connectivity index (χ4n) is 3.78. The smallest absolute Gasteiger partial charge is 0.261 e. The van der Waals surface area contributed by atoms with E-state index in [1.54, 1.807) is 30.3 Å². The Morgan fingerprint density at radius 2 is 1.54 bits per heavy atom. The van der Waals surface area contributed by atoms with Gasteiger partial charge in [0.2, 0.25) is 5.91 Å².